The van der Waals surface area contributed by atoms with Gasteiger partial charge in [-0.2, -0.15) is 5.10 Å². The lowest BCUT2D eigenvalue weighted by atomic mass is 10.1. The number of urea groups is 1. The number of halogens is 2. The molecular weight excluding hydrogens is 447 g/mol. The number of nitrogens with zero attached hydrogens (tertiary/aromatic N) is 5. The summed E-state index contributed by atoms with van der Waals surface area (Å²) in [7, 11) is 0. The van der Waals surface area contributed by atoms with Crippen molar-refractivity contribution in [2.75, 3.05) is 36.4 Å². The molecule has 1 saturated heterocycles. The van der Waals surface area contributed by atoms with E-state index in [4.69, 9.17) is 23.2 Å². The number of para-hydroxylation sites is 1. The van der Waals surface area contributed by atoms with Crippen molar-refractivity contribution in [2.45, 2.75) is 26.3 Å². The molecule has 0 bridgehead atoms. The van der Waals surface area contributed by atoms with Crippen LogP contribution in [0, 0.1) is 0 Å². The van der Waals surface area contributed by atoms with E-state index in [-0.39, 0.29) is 6.03 Å². The first-order valence-corrected chi connectivity index (χ1v) is 11.6. The van der Waals surface area contributed by atoms with E-state index < -0.39 is 0 Å². The highest BCUT2D eigenvalue weighted by Crippen LogP contribution is 2.30. The first-order chi connectivity index (χ1) is 15.5. The number of nitrogens with one attached hydrogen (secondary N) is 1. The Morgan fingerprint density at radius 2 is 1.72 bits per heavy atom. The molecule has 1 aromatic heterocycles. The normalized spacial score (nSPS) is 14.0. The predicted molar refractivity (Wildman–Crippen MR) is 130 cm³/mol. The molecule has 0 spiro atoms. The van der Waals surface area contributed by atoms with Crippen LogP contribution in [0.1, 0.15) is 19.8 Å². The highest BCUT2D eigenvalue weighted by molar-refractivity contribution is 6.39. The maximum absolute atomic E-state index is 12.6. The third-order valence-electron chi connectivity index (χ3n) is 5.53. The number of aryl methyl sites for hydroxylation is 1. The molecule has 1 N–H and O–H groups in total. The first kappa shape index (κ1) is 22.4. The van der Waals surface area contributed by atoms with Crippen LogP contribution in [0.15, 0.2) is 48.8 Å². The second-order valence-corrected chi connectivity index (χ2v) is 8.55. The molecule has 7 nitrogen and oxygen atoms in total. The standard InChI is InChI=1S/C23H26Cl2N6O/c1-2-3-11-31-16-26-22(28-31)17-7-9-18(10-8-17)29-12-14-30(15-13-29)23(32)27-21-19(24)5-4-6-20(21)25/h4-10,16H,2-3,11-15H2,1H3,(H,27,32). The van der Waals surface area contributed by atoms with E-state index >= 15 is 0 Å². The second kappa shape index (κ2) is 10.2. The summed E-state index contributed by atoms with van der Waals surface area (Å²) in [5, 5.41) is 8.24. The van der Waals surface area contributed by atoms with Gasteiger partial charge in [-0.1, -0.05) is 42.6 Å². The van der Waals surface area contributed by atoms with E-state index in [1.54, 1.807) is 29.4 Å². The van der Waals surface area contributed by atoms with Crippen molar-refractivity contribution < 1.29 is 4.79 Å². The Morgan fingerprint density at radius 3 is 2.38 bits per heavy atom. The summed E-state index contributed by atoms with van der Waals surface area (Å²) < 4.78 is 1.90. The number of piperazine rings is 1. The van der Waals surface area contributed by atoms with Gasteiger partial charge in [-0.05, 0) is 42.8 Å². The van der Waals surface area contributed by atoms with E-state index in [0.717, 1.165) is 49.6 Å². The second-order valence-electron chi connectivity index (χ2n) is 7.73. The SMILES string of the molecule is CCCCn1cnc(-c2ccc(N3CCN(C(=O)Nc4c(Cl)cccc4Cl)CC3)cc2)n1. The van der Waals surface area contributed by atoms with Crippen molar-refractivity contribution in [2.24, 2.45) is 0 Å². The van der Waals surface area contributed by atoms with Crippen molar-refractivity contribution in [3.05, 3.63) is 58.8 Å². The number of benzene rings is 2. The molecule has 0 aliphatic carbocycles. The molecule has 1 aliphatic rings. The molecule has 2 amide bonds. The van der Waals surface area contributed by atoms with Gasteiger partial charge in [0.1, 0.15) is 6.33 Å². The largest absolute Gasteiger partial charge is 0.368 e. The summed E-state index contributed by atoms with van der Waals surface area (Å²) in [5.74, 6) is 0.743. The van der Waals surface area contributed by atoms with E-state index in [1.165, 1.54) is 0 Å². The van der Waals surface area contributed by atoms with Crippen LogP contribution < -0.4 is 10.2 Å². The zero-order valence-corrected chi connectivity index (χ0v) is 19.5. The number of rotatable bonds is 6. The van der Waals surface area contributed by atoms with Crippen molar-refractivity contribution in [1.29, 1.82) is 0 Å². The highest BCUT2D eigenvalue weighted by atomic mass is 35.5. The number of amides is 2. The van der Waals surface area contributed by atoms with Crippen LogP contribution in [0.4, 0.5) is 16.2 Å². The van der Waals surface area contributed by atoms with Gasteiger partial charge < -0.3 is 15.1 Å². The van der Waals surface area contributed by atoms with Gasteiger partial charge in [0.15, 0.2) is 5.82 Å². The van der Waals surface area contributed by atoms with Crippen molar-refractivity contribution in [1.82, 2.24) is 19.7 Å². The Balaban J connectivity index is 1.33. The smallest absolute Gasteiger partial charge is 0.322 e. The predicted octanol–water partition coefficient (Wildman–Crippen LogP) is 5.41. The van der Waals surface area contributed by atoms with Gasteiger partial charge in [-0.15, -0.1) is 0 Å². The highest BCUT2D eigenvalue weighted by Gasteiger charge is 2.22. The lowest BCUT2D eigenvalue weighted by molar-refractivity contribution is 0.208. The maximum atomic E-state index is 12.6. The molecule has 0 radical (unpaired) electrons. The molecule has 1 aliphatic heterocycles. The molecular formula is C23H26Cl2N6O. The fraction of sp³-hybridized carbons (Fsp3) is 0.348. The van der Waals surface area contributed by atoms with E-state index in [9.17, 15) is 4.79 Å². The van der Waals surface area contributed by atoms with Gasteiger partial charge in [-0.3, -0.25) is 4.68 Å². The number of hydrogen-bond acceptors (Lipinski definition) is 4. The molecule has 2 aromatic carbocycles. The summed E-state index contributed by atoms with van der Waals surface area (Å²) in [4.78, 5) is 21.1. The molecule has 1 fully saturated rings. The number of unbranched alkanes of at least 4 members (excludes halogenated alkanes) is 1. The van der Waals surface area contributed by atoms with Crippen molar-refractivity contribution in [3.8, 4) is 11.4 Å². The third kappa shape index (κ3) is 5.16. The van der Waals surface area contributed by atoms with Gasteiger partial charge in [-0.25, -0.2) is 9.78 Å². The third-order valence-corrected chi connectivity index (χ3v) is 6.16. The van der Waals surface area contributed by atoms with Gasteiger partial charge in [0.2, 0.25) is 0 Å². The fourth-order valence-electron chi connectivity index (χ4n) is 3.65. The van der Waals surface area contributed by atoms with Crippen LogP contribution in [-0.4, -0.2) is 51.9 Å². The molecule has 0 unspecified atom stereocenters. The van der Waals surface area contributed by atoms with Crippen LogP contribution >= 0.6 is 23.2 Å². The minimum Gasteiger partial charge on any atom is -0.368 e. The van der Waals surface area contributed by atoms with Crippen molar-refractivity contribution in [3.63, 3.8) is 0 Å². The number of hydrogen-bond donors (Lipinski definition) is 1. The zero-order chi connectivity index (χ0) is 22.5. The first-order valence-electron chi connectivity index (χ1n) is 10.8. The van der Waals surface area contributed by atoms with Crippen LogP contribution in [0.2, 0.25) is 10.0 Å². The molecule has 0 atom stereocenters. The van der Waals surface area contributed by atoms with E-state index in [0.29, 0.717) is 28.8 Å². The van der Waals surface area contributed by atoms with Crippen molar-refractivity contribution >= 4 is 40.6 Å². The van der Waals surface area contributed by atoms with Crippen LogP contribution in [-0.2, 0) is 6.54 Å². The quantitative estimate of drug-likeness (QED) is 0.520. The topological polar surface area (TPSA) is 66.3 Å². The van der Waals surface area contributed by atoms with Gasteiger partial charge >= 0.3 is 6.03 Å². The Labute approximate surface area is 197 Å². The molecule has 0 saturated carbocycles. The average molecular weight is 473 g/mol. The minimum atomic E-state index is -0.195. The molecule has 2 heterocycles. The average Bonchev–Trinajstić information content (AvgIpc) is 3.29. The molecule has 4 rings (SSSR count). The Hall–Kier alpha value is -2.77. The lowest BCUT2D eigenvalue weighted by Crippen LogP contribution is -2.50. The summed E-state index contributed by atoms with van der Waals surface area (Å²) >= 11 is 12.3. The molecule has 3 aromatic rings. The fourth-order valence-corrected chi connectivity index (χ4v) is 4.14. The number of carbonyl (C=O) groups is 1. The van der Waals surface area contributed by atoms with Gasteiger partial charge in [0, 0.05) is 44.0 Å². The number of carbonyl (C=O) groups excluding carboxylic acids is 1. The summed E-state index contributed by atoms with van der Waals surface area (Å²) in [6.07, 6.45) is 4.02. The molecule has 168 valence electrons. The van der Waals surface area contributed by atoms with Crippen LogP contribution in [0.5, 0.6) is 0 Å². The Morgan fingerprint density at radius 1 is 1.03 bits per heavy atom. The summed E-state index contributed by atoms with van der Waals surface area (Å²) in [6, 6.07) is 13.2. The number of anilines is 2. The lowest BCUT2D eigenvalue weighted by Gasteiger charge is -2.36. The van der Waals surface area contributed by atoms with Gasteiger partial charge in [0.25, 0.3) is 0 Å². The summed E-state index contributed by atoms with van der Waals surface area (Å²) in [6.45, 7) is 5.76. The Bertz CT molecular complexity index is 1040. The van der Waals surface area contributed by atoms with E-state index in [2.05, 4.69) is 39.4 Å². The summed E-state index contributed by atoms with van der Waals surface area (Å²) in [5.41, 5.74) is 2.57. The van der Waals surface area contributed by atoms with Crippen LogP contribution in [0.3, 0.4) is 0 Å². The molecule has 9 heteroatoms. The Kier molecular flexibility index (Phi) is 7.17. The monoisotopic (exact) mass is 472 g/mol. The number of aromatic nitrogens is 3. The zero-order valence-electron chi connectivity index (χ0n) is 18.0. The molecule has 32 heavy (non-hydrogen) atoms. The van der Waals surface area contributed by atoms with E-state index in [1.807, 2.05) is 16.8 Å². The maximum Gasteiger partial charge on any atom is 0.322 e. The van der Waals surface area contributed by atoms with Crippen LogP contribution in [0.25, 0.3) is 11.4 Å². The minimum absolute atomic E-state index is 0.195. The van der Waals surface area contributed by atoms with Gasteiger partial charge in [0.05, 0.1) is 15.7 Å².